The van der Waals surface area contributed by atoms with Crippen LogP contribution in [-0.2, 0) is 32.9 Å². The van der Waals surface area contributed by atoms with Crippen molar-refractivity contribution in [1.29, 1.82) is 0 Å². The molecule has 0 saturated heterocycles. The van der Waals surface area contributed by atoms with E-state index in [2.05, 4.69) is 4.98 Å². The fourth-order valence-corrected chi connectivity index (χ4v) is 3.99. The van der Waals surface area contributed by atoms with E-state index in [1.54, 1.807) is 12.3 Å². The number of rotatable bonds is 6. The third-order valence-electron chi connectivity index (χ3n) is 2.18. The van der Waals surface area contributed by atoms with E-state index in [1.165, 1.54) is 0 Å². The van der Waals surface area contributed by atoms with Crippen LogP contribution in [0.25, 0.3) is 0 Å². The lowest BCUT2D eigenvalue weighted by molar-refractivity contribution is 0.602. The van der Waals surface area contributed by atoms with Gasteiger partial charge in [0, 0.05) is 35.5 Å². The number of sulfone groups is 1. The molecule has 0 spiro atoms. The molecule has 1 aromatic rings. The van der Waals surface area contributed by atoms with Gasteiger partial charge in [-0.15, -0.1) is 0 Å². The SMILES string of the molecule is CS(=O)(=O)CCS(=O)Cc1cccnc1CN. The number of nitrogens with zero attached hydrogens (tertiary/aromatic N) is 1. The van der Waals surface area contributed by atoms with Gasteiger partial charge in [-0.1, -0.05) is 6.07 Å². The highest BCUT2D eigenvalue weighted by Crippen LogP contribution is 2.08. The van der Waals surface area contributed by atoms with Crippen LogP contribution in [0.15, 0.2) is 18.3 Å². The van der Waals surface area contributed by atoms with Crippen molar-refractivity contribution in [2.75, 3.05) is 17.8 Å². The third-order valence-corrected chi connectivity index (χ3v) is 4.67. The lowest BCUT2D eigenvalue weighted by Gasteiger charge is -2.06. The predicted molar refractivity (Wildman–Crippen MR) is 68.6 cm³/mol. The first-order valence-corrected chi connectivity index (χ1v) is 8.63. The predicted octanol–water partition coefficient (Wildman–Crippen LogP) is -0.166. The molecule has 7 heteroatoms. The molecule has 0 aromatic carbocycles. The maximum atomic E-state index is 11.7. The molecule has 1 unspecified atom stereocenters. The summed E-state index contributed by atoms with van der Waals surface area (Å²) in [7, 11) is -4.26. The van der Waals surface area contributed by atoms with Gasteiger partial charge in [-0.25, -0.2) is 8.42 Å². The van der Waals surface area contributed by atoms with Crippen molar-refractivity contribution < 1.29 is 12.6 Å². The molecule has 0 bridgehead atoms. The van der Waals surface area contributed by atoms with Gasteiger partial charge in [0.15, 0.2) is 0 Å². The Morgan fingerprint density at radius 3 is 2.76 bits per heavy atom. The Balaban J connectivity index is 2.62. The Morgan fingerprint density at radius 1 is 1.47 bits per heavy atom. The van der Waals surface area contributed by atoms with Gasteiger partial charge in [0.2, 0.25) is 0 Å². The third kappa shape index (κ3) is 5.38. The number of hydrogen-bond donors (Lipinski definition) is 1. The number of aromatic nitrogens is 1. The van der Waals surface area contributed by atoms with Crippen molar-refractivity contribution in [2.24, 2.45) is 5.73 Å². The van der Waals surface area contributed by atoms with Gasteiger partial charge in [0.25, 0.3) is 0 Å². The average molecular weight is 276 g/mol. The van der Waals surface area contributed by atoms with E-state index in [0.717, 1.165) is 11.8 Å². The Hall–Kier alpha value is -0.790. The van der Waals surface area contributed by atoms with Gasteiger partial charge in [-0.3, -0.25) is 9.19 Å². The molecule has 2 N–H and O–H groups in total. The first-order chi connectivity index (χ1) is 7.92. The van der Waals surface area contributed by atoms with Crippen molar-refractivity contribution in [1.82, 2.24) is 4.98 Å². The van der Waals surface area contributed by atoms with Crippen LogP contribution >= 0.6 is 0 Å². The summed E-state index contributed by atoms with van der Waals surface area (Å²) < 4.78 is 33.6. The largest absolute Gasteiger partial charge is 0.325 e. The van der Waals surface area contributed by atoms with Crippen molar-refractivity contribution in [2.45, 2.75) is 12.3 Å². The molecule has 1 aromatic heterocycles. The van der Waals surface area contributed by atoms with E-state index in [4.69, 9.17) is 5.73 Å². The molecule has 0 saturated carbocycles. The highest BCUT2D eigenvalue weighted by atomic mass is 32.2. The minimum atomic E-state index is -3.06. The zero-order valence-electron chi connectivity index (χ0n) is 9.63. The molecular weight excluding hydrogens is 260 g/mol. The summed E-state index contributed by atoms with van der Waals surface area (Å²) in [5, 5.41) is 0. The maximum Gasteiger partial charge on any atom is 0.148 e. The first-order valence-electron chi connectivity index (χ1n) is 5.08. The van der Waals surface area contributed by atoms with Crippen LogP contribution in [0.5, 0.6) is 0 Å². The van der Waals surface area contributed by atoms with Crippen LogP contribution in [0.3, 0.4) is 0 Å². The molecule has 0 aliphatic heterocycles. The second-order valence-electron chi connectivity index (χ2n) is 3.73. The Morgan fingerprint density at radius 2 is 2.18 bits per heavy atom. The van der Waals surface area contributed by atoms with Gasteiger partial charge >= 0.3 is 0 Å². The van der Waals surface area contributed by atoms with Crippen LogP contribution in [0.1, 0.15) is 11.3 Å². The highest BCUT2D eigenvalue weighted by Gasteiger charge is 2.09. The molecule has 5 nitrogen and oxygen atoms in total. The molecule has 0 radical (unpaired) electrons. The summed E-state index contributed by atoms with van der Waals surface area (Å²) in [4.78, 5) is 4.08. The summed E-state index contributed by atoms with van der Waals surface area (Å²) in [6.45, 7) is 0.291. The van der Waals surface area contributed by atoms with Gasteiger partial charge in [-0.2, -0.15) is 0 Å². The quantitative estimate of drug-likeness (QED) is 0.779. The van der Waals surface area contributed by atoms with Crippen molar-refractivity contribution in [3.63, 3.8) is 0 Å². The molecule has 0 fully saturated rings. The van der Waals surface area contributed by atoms with Crippen LogP contribution < -0.4 is 5.73 Å². The second-order valence-corrected chi connectivity index (χ2v) is 7.57. The molecule has 0 aliphatic carbocycles. The van der Waals surface area contributed by atoms with E-state index >= 15 is 0 Å². The fourth-order valence-electron chi connectivity index (χ4n) is 1.28. The zero-order chi connectivity index (χ0) is 12.9. The zero-order valence-corrected chi connectivity index (χ0v) is 11.3. The maximum absolute atomic E-state index is 11.7. The van der Waals surface area contributed by atoms with E-state index in [1.807, 2.05) is 6.07 Å². The van der Waals surface area contributed by atoms with E-state index in [0.29, 0.717) is 18.0 Å². The van der Waals surface area contributed by atoms with E-state index in [9.17, 15) is 12.6 Å². The number of pyridine rings is 1. The molecule has 0 amide bonds. The molecule has 1 atom stereocenters. The first kappa shape index (κ1) is 14.3. The van der Waals surface area contributed by atoms with Crippen LogP contribution in [0.2, 0.25) is 0 Å². The summed E-state index contributed by atoms with van der Waals surface area (Å²) in [6, 6.07) is 3.57. The average Bonchev–Trinajstić information content (AvgIpc) is 2.26. The molecule has 1 heterocycles. The Kier molecular flexibility index (Phi) is 5.23. The molecule has 0 aliphatic rings. The van der Waals surface area contributed by atoms with Crippen LogP contribution in [-0.4, -0.2) is 35.4 Å². The summed E-state index contributed by atoms with van der Waals surface area (Å²) >= 11 is 0. The Labute approximate surface area is 104 Å². The number of nitrogens with two attached hydrogens (primary N) is 1. The summed E-state index contributed by atoms with van der Waals surface area (Å²) in [6.07, 6.45) is 2.77. The van der Waals surface area contributed by atoms with Gasteiger partial charge < -0.3 is 5.73 Å². The van der Waals surface area contributed by atoms with E-state index in [-0.39, 0.29) is 11.5 Å². The number of hydrogen-bond acceptors (Lipinski definition) is 5. The minimum Gasteiger partial charge on any atom is -0.325 e. The lowest BCUT2D eigenvalue weighted by atomic mass is 10.2. The standard InChI is InChI=1S/C10H16N2O3S2/c1-17(14,15)6-5-16(13)8-9-3-2-4-12-10(9)7-11/h2-4H,5-8,11H2,1H3. The second kappa shape index (κ2) is 6.23. The van der Waals surface area contributed by atoms with Crippen LogP contribution in [0, 0.1) is 0 Å². The topological polar surface area (TPSA) is 90.1 Å². The van der Waals surface area contributed by atoms with Crippen molar-refractivity contribution in [3.05, 3.63) is 29.6 Å². The monoisotopic (exact) mass is 276 g/mol. The fraction of sp³-hybridized carbons (Fsp3) is 0.500. The smallest absolute Gasteiger partial charge is 0.148 e. The molecule has 1 rings (SSSR count). The van der Waals surface area contributed by atoms with Gasteiger partial charge in [0.05, 0.1) is 17.2 Å². The Bertz CT molecular complexity index is 500. The molecule has 96 valence electrons. The molecular formula is C10H16N2O3S2. The lowest BCUT2D eigenvalue weighted by Crippen LogP contribution is -2.14. The molecule has 17 heavy (non-hydrogen) atoms. The highest BCUT2D eigenvalue weighted by molar-refractivity contribution is 7.92. The van der Waals surface area contributed by atoms with Crippen molar-refractivity contribution >= 4 is 20.6 Å². The minimum absolute atomic E-state index is 0.0577. The normalized spacial score (nSPS) is 13.5. The van der Waals surface area contributed by atoms with E-state index < -0.39 is 20.6 Å². The van der Waals surface area contributed by atoms with Gasteiger partial charge in [0.1, 0.15) is 9.84 Å². The summed E-state index contributed by atoms with van der Waals surface area (Å²) in [5.41, 5.74) is 7.04. The van der Waals surface area contributed by atoms with Gasteiger partial charge in [-0.05, 0) is 11.6 Å². The van der Waals surface area contributed by atoms with Crippen molar-refractivity contribution in [3.8, 4) is 0 Å². The van der Waals surface area contributed by atoms with Crippen LogP contribution in [0.4, 0.5) is 0 Å². The summed E-state index contributed by atoms with van der Waals surface area (Å²) in [5.74, 6) is 0.394.